The van der Waals surface area contributed by atoms with Gasteiger partial charge < -0.3 is 0 Å². The first-order valence-electron chi connectivity index (χ1n) is 1.97. The molecular formula is C5H7IO. The van der Waals surface area contributed by atoms with E-state index in [0.29, 0.717) is 0 Å². The first kappa shape index (κ1) is 7.14. The van der Waals surface area contributed by atoms with Crippen LogP contribution >= 0.6 is 22.6 Å². The van der Waals surface area contributed by atoms with Crippen molar-refractivity contribution in [1.82, 2.24) is 0 Å². The van der Waals surface area contributed by atoms with E-state index in [0.717, 1.165) is 5.57 Å². The molecule has 0 aromatic carbocycles. The molecule has 7 heavy (non-hydrogen) atoms. The Labute approximate surface area is 56.9 Å². The van der Waals surface area contributed by atoms with E-state index < -0.39 is 0 Å². The van der Waals surface area contributed by atoms with Crippen molar-refractivity contribution in [3.8, 4) is 0 Å². The number of hydrogen-bond donors (Lipinski definition) is 0. The van der Waals surface area contributed by atoms with E-state index in [1.165, 1.54) is 0 Å². The Balaban J connectivity index is 3.68. The fourth-order valence-electron chi connectivity index (χ4n) is 0.227. The predicted molar refractivity (Wildman–Crippen MR) is 38.5 cm³/mol. The molecule has 0 atom stereocenters. The highest BCUT2D eigenvalue weighted by atomic mass is 127. The highest BCUT2D eigenvalue weighted by Gasteiger charge is 1.82. The first-order chi connectivity index (χ1) is 3.13. The molecule has 0 amide bonds. The highest BCUT2D eigenvalue weighted by molar-refractivity contribution is 14.1. The summed E-state index contributed by atoms with van der Waals surface area (Å²) in [5.74, 6) is 0. The van der Waals surface area contributed by atoms with Crippen LogP contribution in [0.25, 0.3) is 0 Å². The number of hydrogen-bond acceptors (Lipinski definition) is 1. The minimum absolute atomic E-state index is 0.0950. The van der Waals surface area contributed by atoms with Crippen LogP contribution in [-0.2, 0) is 4.79 Å². The molecule has 0 saturated heterocycles. The van der Waals surface area contributed by atoms with Crippen molar-refractivity contribution in [3.05, 3.63) is 11.6 Å². The van der Waals surface area contributed by atoms with Gasteiger partial charge in [0.2, 0.25) is 3.79 Å². The van der Waals surface area contributed by atoms with Gasteiger partial charge in [0.05, 0.1) is 0 Å². The summed E-state index contributed by atoms with van der Waals surface area (Å²) in [5.41, 5.74) is 1.06. The van der Waals surface area contributed by atoms with Crippen LogP contribution in [0.2, 0.25) is 0 Å². The number of rotatable bonds is 1. The summed E-state index contributed by atoms with van der Waals surface area (Å²) in [7, 11) is 0. The predicted octanol–water partition coefficient (Wildman–Crippen LogP) is 1.91. The summed E-state index contributed by atoms with van der Waals surface area (Å²) in [6.45, 7) is 3.80. The molecule has 0 aliphatic carbocycles. The molecule has 0 radical (unpaired) electrons. The summed E-state index contributed by atoms with van der Waals surface area (Å²) in [4.78, 5) is 10.2. The summed E-state index contributed by atoms with van der Waals surface area (Å²) in [6, 6.07) is 0. The van der Waals surface area contributed by atoms with E-state index in [2.05, 4.69) is 0 Å². The number of halogens is 1. The van der Waals surface area contributed by atoms with Crippen LogP contribution in [0.1, 0.15) is 13.8 Å². The van der Waals surface area contributed by atoms with E-state index in [1.54, 1.807) is 28.7 Å². The first-order valence-corrected chi connectivity index (χ1v) is 3.05. The van der Waals surface area contributed by atoms with Crippen molar-refractivity contribution in [2.45, 2.75) is 13.8 Å². The maximum atomic E-state index is 10.2. The molecule has 0 fully saturated rings. The molecule has 0 heterocycles. The van der Waals surface area contributed by atoms with Gasteiger partial charge in [-0.25, -0.2) is 0 Å². The third kappa shape index (κ3) is 6.14. The lowest BCUT2D eigenvalue weighted by molar-refractivity contribution is -0.105. The Hall–Kier alpha value is 0.140. The summed E-state index contributed by atoms with van der Waals surface area (Å²) >= 11 is 1.74. The quantitative estimate of drug-likeness (QED) is 0.367. The maximum absolute atomic E-state index is 10.2. The van der Waals surface area contributed by atoms with Crippen LogP contribution < -0.4 is 0 Å². The lowest BCUT2D eigenvalue weighted by Gasteiger charge is -1.79. The third-order valence-electron chi connectivity index (χ3n) is 0.402. The van der Waals surface area contributed by atoms with Gasteiger partial charge in [-0.05, 0) is 19.9 Å². The maximum Gasteiger partial charge on any atom is 0.215 e. The van der Waals surface area contributed by atoms with Gasteiger partial charge in [0.25, 0.3) is 0 Å². The smallest absolute Gasteiger partial charge is 0.215 e. The third-order valence-corrected chi connectivity index (χ3v) is 0.714. The molecule has 0 aliphatic rings. The van der Waals surface area contributed by atoms with Crippen molar-refractivity contribution in [2.24, 2.45) is 0 Å². The molecule has 0 aliphatic heterocycles. The number of allylic oxidation sites excluding steroid dienone is 2. The second-order valence-electron chi connectivity index (χ2n) is 1.53. The standard InChI is InChI=1S/C5H7IO/c1-4(2)3-5(6)7/h3H,1-2H3. The Morgan fingerprint density at radius 3 is 2.00 bits per heavy atom. The van der Waals surface area contributed by atoms with Crippen LogP contribution in [0.3, 0.4) is 0 Å². The number of carbonyl (C=O) groups excluding carboxylic acids is 1. The Morgan fingerprint density at radius 2 is 2.00 bits per heavy atom. The average Bonchev–Trinajstić information content (AvgIpc) is 1.27. The van der Waals surface area contributed by atoms with E-state index in [1.807, 2.05) is 13.8 Å². The van der Waals surface area contributed by atoms with Crippen molar-refractivity contribution in [2.75, 3.05) is 0 Å². The SMILES string of the molecule is CC(C)=CC(=O)I. The summed E-state index contributed by atoms with van der Waals surface area (Å²) < 4.78 is 0.0950. The van der Waals surface area contributed by atoms with Gasteiger partial charge in [-0.15, -0.1) is 0 Å². The van der Waals surface area contributed by atoms with Crippen molar-refractivity contribution in [3.63, 3.8) is 0 Å². The van der Waals surface area contributed by atoms with Crippen molar-refractivity contribution in [1.29, 1.82) is 0 Å². The second kappa shape index (κ2) is 3.18. The largest absolute Gasteiger partial charge is 0.283 e. The van der Waals surface area contributed by atoms with Crippen LogP contribution in [0.15, 0.2) is 11.6 Å². The Bertz CT molecular complexity index is 101. The van der Waals surface area contributed by atoms with Crippen LogP contribution in [0.4, 0.5) is 0 Å². The molecular weight excluding hydrogens is 203 g/mol. The molecule has 0 rings (SSSR count). The lowest BCUT2D eigenvalue weighted by atomic mass is 10.3. The summed E-state index contributed by atoms with van der Waals surface area (Å²) in [5, 5.41) is 0. The Morgan fingerprint density at radius 1 is 1.57 bits per heavy atom. The lowest BCUT2D eigenvalue weighted by Crippen LogP contribution is -1.74. The molecule has 0 unspecified atom stereocenters. The molecule has 0 saturated carbocycles. The topological polar surface area (TPSA) is 17.1 Å². The fraction of sp³-hybridized carbons (Fsp3) is 0.400. The normalized spacial score (nSPS) is 7.86. The van der Waals surface area contributed by atoms with Gasteiger partial charge in [0, 0.05) is 22.6 Å². The molecule has 0 bridgehead atoms. The van der Waals surface area contributed by atoms with Gasteiger partial charge in [-0.3, -0.25) is 4.79 Å². The van der Waals surface area contributed by atoms with E-state index in [4.69, 9.17) is 0 Å². The van der Waals surface area contributed by atoms with E-state index in [9.17, 15) is 4.79 Å². The van der Waals surface area contributed by atoms with Crippen LogP contribution in [0.5, 0.6) is 0 Å². The van der Waals surface area contributed by atoms with Crippen LogP contribution in [-0.4, -0.2) is 3.79 Å². The molecule has 2 heteroatoms. The molecule has 0 spiro atoms. The van der Waals surface area contributed by atoms with Gasteiger partial charge >= 0.3 is 0 Å². The van der Waals surface area contributed by atoms with E-state index >= 15 is 0 Å². The van der Waals surface area contributed by atoms with Crippen molar-refractivity contribution >= 4 is 26.4 Å². The van der Waals surface area contributed by atoms with Gasteiger partial charge in [-0.1, -0.05) is 5.57 Å². The summed E-state index contributed by atoms with van der Waals surface area (Å²) in [6.07, 6.45) is 1.60. The highest BCUT2D eigenvalue weighted by Crippen LogP contribution is 1.93. The minimum Gasteiger partial charge on any atom is -0.283 e. The molecule has 0 N–H and O–H groups in total. The zero-order valence-electron chi connectivity index (χ0n) is 4.36. The molecule has 1 nitrogen and oxygen atoms in total. The minimum atomic E-state index is 0.0950. The van der Waals surface area contributed by atoms with Gasteiger partial charge in [0.15, 0.2) is 0 Å². The van der Waals surface area contributed by atoms with Gasteiger partial charge in [-0.2, -0.15) is 0 Å². The van der Waals surface area contributed by atoms with Gasteiger partial charge in [0.1, 0.15) is 0 Å². The molecule has 40 valence electrons. The number of carbonyl (C=O) groups is 1. The zero-order chi connectivity index (χ0) is 5.86. The Kier molecular flexibility index (Phi) is 3.25. The molecule has 0 aromatic heterocycles. The monoisotopic (exact) mass is 210 g/mol. The zero-order valence-corrected chi connectivity index (χ0v) is 6.52. The average molecular weight is 210 g/mol. The molecule has 0 aromatic rings. The second-order valence-corrected chi connectivity index (χ2v) is 2.59. The van der Waals surface area contributed by atoms with Crippen LogP contribution in [0, 0.1) is 0 Å². The fourth-order valence-corrected chi connectivity index (χ4v) is 0.850. The van der Waals surface area contributed by atoms with E-state index in [-0.39, 0.29) is 3.79 Å². The van der Waals surface area contributed by atoms with Crippen molar-refractivity contribution < 1.29 is 4.79 Å².